The van der Waals surface area contributed by atoms with Gasteiger partial charge in [0.05, 0.1) is 11.5 Å². The molecular weight excluding hydrogens is 288 g/mol. The lowest BCUT2D eigenvalue weighted by atomic mass is 10.1. The standard InChI is InChI=1S/C15H22N2O3S/c1-17(14-5-3-2-4-6-14)9-8-16-15(18)11-13-7-10-21(19,20)12-13/h2-6,13H,7-12H2,1H3,(H,16,18). The Kier molecular flexibility index (Phi) is 5.22. The first-order chi connectivity index (χ1) is 9.96. The van der Waals surface area contributed by atoms with Crippen LogP contribution in [0.1, 0.15) is 12.8 Å². The average Bonchev–Trinajstić information content (AvgIpc) is 2.78. The molecule has 0 bridgehead atoms. The highest BCUT2D eigenvalue weighted by atomic mass is 32.2. The predicted octanol–water partition coefficient (Wildman–Crippen LogP) is 1.06. The van der Waals surface area contributed by atoms with E-state index in [1.807, 2.05) is 37.4 Å². The van der Waals surface area contributed by atoms with Crippen LogP contribution in [0, 0.1) is 5.92 Å². The maximum atomic E-state index is 11.8. The van der Waals surface area contributed by atoms with Crippen molar-refractivity contribution in [3.63, 3.8) is 0 Å². The van der Waals surface area contributed by atoms with Gasteiger partial charge in [-0.15, -0.1) is 0 Å². The van der Waals surface area contributed by atoms with E-state index in [2.05, 4.69) is 10.2 Å². The minimum atomic E-state index is -2.90. The van der Waals surface area contributed by atoms with Gasteiger partial charge in [0.15, 0.2) is 9.84 Å². The fourth-order valence-electron chi connectivity index (χ4n) is 2.54. The summed E-state index contributed by atoms with van der Waals surface area (Å²) in [7, 11) is -0.922. The highest BCUT2D eigenvalue weighted by Crippen LogP contribution is 2.21. The molecule has 6 heteroatoms. The van der Waals surface area contributed by atoms with E-state index in [0.717, 1.165) is 12.2 Å². The molecule has 0 aliphatic carbocycles. The Morgan fingerprint density at radius 3 is 2.67 bits per heavy atom. The first-order valence-electron chi connectivity index (χ1n) is 7.19. The molecule has 1 heterocycles. The predicted molar refractivity (Wildman–Crippen MR) is 84.1 cm³/mol. The molecule has 1 saturated heterocycles. The van der Waals surface area contributed by atoms with E-state index < -0.39 is 9.84 Å². The molecule has 1 aromatic rings. The molecule has 0 spiro atoms. The molecule has 0 aromatic heterocycles. The number of para-hydroxylation sites is 1. The zero-order valence-electron chi connectivity index (χ0n) is 12.3. The third-order valence-corrected chi connectivity index (χ3v) is 5.60. The number of rotatable bonds is 6. The maximum absolute atomic E-state index is 11.8. The summed E-state index contributed by atoms with van der Waals surface area (Å²) < 4.78 is 22.7. The fraction of sp³-hybridized carbons (Fsp3) is 0.533. The van der Waals surface area contributed by atoms with Crippen molar-refractivity contribution >= 4 is 21.4 Å². The van der Waals surface area contributed by atoms with Gasteiger partial charge in [-0.3, -0.25) is 4.79 Å². The van der Waals surface area contributed by atoms with Gasteiger partial charge in [0.25, 0.3) is 0 Å². The molecule has 21 heavy (non-hydrogen) atoms. The number of benzene rings is 1. The van der Waals surface area contributed by atoms with E-state index in [0.29, 0.717) is 19.4 Å². The van der Waals surface area contributed by atoms with Gasteiger partial charge >= 0.3 is 0 Å². The molecule has 1 fully saturated rings. The second kappa shape index (κ2) is 6.93. The summed E-state index contributed by atoms with van der Waals surface area (Å²) in [6, 6.07) is 9.96. The van der Waals surface area contributed by atoms with Crippen LogP contribution in [0.2, 0.25) is 0 Å². The van der Waals surface area contributed by atoms with E-state index in [1.165, 1.54) is 0 Å². The van der Waals surface area contributed by atoms with Crippen LogP contribution in [-0.4, -0.2) is 46.0 Å². The van der Waals surface area contributed by atoms with Crippen molar-refractivity contribution in [1.29, 1.82) is 0 Å². The Labute approximate surface area is 126 Å². The smallest absolute Gasteiger partial charge is 0.220 e. The molecule has 1 amide bonds. The Morgan fingerprint density at radius 2 is 2.05 bits per heavy atom. The van der Waals surface area contributed by atoms with Crippen LogP contribution in [0.15, 0.2) is 30.3 Å². The van der Waals surface area contributed by atoms with Gasteiger partial charge in [0, 0.05) is 32.2 Å². The van der Waals surface area contributed by atoms with Crippen LogP contribution in [0.25, 0.3) is 0 Å². The van der Waals surface area contributed by atoms with Crippen LogP contribution in [0.5, 0.6) is 0 Å². The number of carbonyl (C=O) groups excluding carboxylic acids is 1. The molecule has 1 aromatic carbocycles. The zero-order valence-corrected chi connectivity index (χ0v) is 13.1. The molecular formula is C15H22N2O3S. The summed E-state index contributed by atoms with van der Waals surface area (Å²) in [5, 5.41) is 2.86. The van der Waals surface area contributed by atoms with E-state index in [-0.39, 0.29) is 23.3 Å². The van der Waals surface area contributed by atoms with Crippen molar-refractivity contribution in [2.24, 2.45) is 5.92 Å². The zero-order chi connectivity index (χ0) is 15.3. The van der Waals surface area contributed by atoms with Crippen molar-refractivity contribution in [1.82, 2.24) is 5.32 Å². The highest BCUT2D eigenvalue weighted by molar-refractivity contribution is 7.91. The summed E-state index contributed by atoms with van der Waals surface area (Å²) in [4.78, 5) is 13.9. The van der Waals surface area contributed by atoms with Crippen LogP contribution in [0.3, 0.4) is 0 Å². The normalized spacial score (nSPS) is 20.1. The second-order valence-corrected chi connectivity index (χ2v) is 7.81. The summed E-state index contributed by atoms with van der Waals surface area (Å²) in [5.41, 5.74) is 1.11. The van der Waals surface area contributed by atoms with Crippen molar-refractivity contribution in [3.8, 4) is 0 Å². The number of nitrogens with one attached hydrogen (secondary N) is 1. The number of likely N-dealkylation sites (N-methyl/N-ethyl adjacent to an activating group) is 1. The largest absolute Gasteiger partial charge is 0.373 e. The van der Waals surface area contributed by atoms with Crippen LogP contribution in [-0.2, 0) is 14.6 Å². The first-order valence-corrected chi connectivity index (χ1v) is 9.02. The van der Waals surface area contributed by atoms with Gasteiger partial charge in [-0.25, -0.2) is 8.42 Å². The lowest BCUT2D eigenvalue weighted by Gasteiger charge is -2.19. The van der Waals surface area contributed by atoms with E-state index >= 15 is 0 Å². The Morgan fingerprint density at radius 1 is 1.33 bits per heavy atom. The Bertz CT molecular complexity index is 572. The van der Waals surface area contributed by atoms with E-state index in [4.69, 9.17) is 0 Å². The summed E-state index contributed by atoms with van der Waals surface area (Å²) in [5.74, 6) is 0.312. The molecule has 1 unspecified atom stereocenters. The maximum Gasteiger partial charge on any atom is 0.220 e. The Balaban J connectivity index is 1.68. The van der Waals surface area contributed by atoms with Gasteiger partial charge in [-0.1, -0.05) is 18.2 Å². The average molecular weight is 310 g/mol. The SMILES string of the molecule is CN(CCNC(=O)CC1CCS(=O)(=O)C1)c1ccccc1. The lowest BCUT2D eigenvalue weighted by Crippen LogP contribution is -2.33. The highest BCUT2D eigenvalue weighted by Gasteiger charge is 2.29. The Hall–Kier alpha value is -1.56. The molecule has 0 saturated carbocycles. The van der Waals surface area contributed by atoms with Gasteiger partial charge in [-0.05, 0) is 24.5 Å². The van der Waals surface area contributed by atoms with E-state index in [1.54, 1.807) is 0 Å². The van der Waals surface area contributed by atoms with Crippen molar-refractivity contribution in [2.75, 3.05) is 36.5 Å². The summed E-state index contributed by atoms with van der Waals surface area (Å²) in [6.07, 6.45) is 0.925. The second-order valence-electron chi connectivity index (χ2n) is 5.58. The number of hydrogen-bond donors (Lipinski definition) is 1. The quantitative estimate of drug-likeness (QED) is 0.853. The molecule has 5 nitrogen and oxygen atoms in total. The number of nitrogens with zero attached hydrogens (tertiary/aromatic N) is 1. The fourth-order valence-corrected chi connectivity index (χ4v) is 4.40. The number of anilines is 1. The molecule has 1 aliphatic heterocycles. The lowest BCUT2D eigenvalue weighted by molar-refractivity contribution is -0.121. The van der Waals surface area contributed by atoms with Gasteiger partial charge < -0.3 is 10.2 Å². The number of hydrogen-bond acceptors (Lipinski definition) is 4. The third-order valence-electron chi connectivity index (χ3n) is 3.77. The van der Waals surface area contributed by atoms with Gasteiger partial charge in [-0.2, -0.15) is 0 Å². The number of amides is 1. The monoisotopic (exact) mass is 310 g/mol. The molecule has 2 rings (SSSR count). The topological polar surface area (TPSA) is 66.5 Å². The van der Waals surface area contributed by atoms with Crippen LogP contribution in [0.4, 0.5) is 5.69 Å². The van der Waals surface area contributed by atoms with Crippen LogP contribution < -0.4 is 10.2 Å². The first kappa shape index (κ1) is 15.8. The molecule has 1 atom stereocenters. The molecule has 116 valence electrons. The number of sulfone groups is 1. The molecule has 1 aliphatic rings. The summed E-state index contributed by atoms with van der Waals surface area (Å²) >= 11 is 0. The van der Waals surface area contributed by atoms with Gasteiger partial charge in [0.1, 0.15) is 0 Å². The van der Waals surface area contributed by atoms with Crippen LogP contribution >= 0.6 is 0 Å². The van der Waals surface area contributed by atoms with Gasteiger partial charge in [0.2, 0.25) is 5.91 Å². The molecule has 0 radical (unpaired) electrons. The third kappa shape index (κ3) is 5.04. The number of carbonyl (C=O) groups is 1. The van der Waals surface area contributed by atoms with Crippen molar-refractivity contribution in [3.05, 3.63) is 30.3 Å². The minimum absolute atomic E-state index is 0.0122. The van der Waals surface area contributed by atoms with Crippen molar-refractivity contribution < 1.29 is 13.2 Å². The van der Waals surface area contributed by atoms with E-state index in [9.17, 15) is 13.2 Å². The molecule has 1 N–H and O–H groups in total. The van der Waals surface area contributed by atoms with Crippen molar-refractivity contribution in [2.45, 2.75) is 12.8 Å². The summed E-state index contributed by atoms with van der Waals surface area (Å²) in [6.45, 7) is 1.28. The minimum Gasteiger partial charge on any atom is -0.373 e.